The van der Waals surface area contributed by atoms with Crippen molar-refractivity contribution in [2.75, 3.05) is 14.1 Å². The van der Waals surface area contributed by atoms with Crippen LogP contribution in [0.25, 0.3) is 0 Å². The second kappa shape index (κ2) is 8.97. The molecule has 1 fully saturated rings. The molecule has 0 saturated heterocycles. The lowest BCUT2D eigenvalue weighted by molar-refractivity contribution is 0.213. The van der Waals surface area contributed by atoms with Gasteiger partial charge in [-0.1, -0.05) is 58.3 Å². The number of hydrogen-bond donors (Lipinski definition) is 0. The first-order chi connectivity index (χ1) is 8.24. The monoisotopic (exact) mass is 239 g/mol. The molecule has 1 rings (SSSR count). The van der Waals surface area contributed by atoms with Gasteiger partial charge in [-0.05, 0) is 39.3 Å². The molecule has 0 aromatic carbocycles. The largest absolute Gasteiger partial charge is 0.306 e. The van der Waals surface area contributed by atoms with Crippen LogP contribution in [0.15, 0.2) is 0 Å². The van der Waals surface area contributed by atoms with Crippen LogP contribution in [-0.4, -0.2) is 25.0 Å². The molecule has 1 heteroatoms. The average molecular weight is 239 g/mol. The fraction of sp³-hybridized carbons (Fsp3) is 1.00. The van der Waals surface area contributed by atoms with Crippen molar-refractivity contribution in [1.29, 1.82) is 0 Å². The van der Waals surface area contributed by atoms with Crippen LogP contribution in [0.2, 0.25) is 0 Å². The van der Waals surface area contributed by atoms with E-state index in [0.29, 0.717) is 0 Å². The maximum absolute atomic E-state index is 2.46. The van der Waals surface area contributed by atoms with Gasteiger partial charge in [0.2, 0.25) is 0 Å². The molecule has 1 aliphatic carbocycles. The highest BCUT2D eigenvalue weighted by Crippen LogP contribution is 2.31. The molecular weight excluding hydrogens is 206 g/mol. The highest BCUT2D eigenvalue weighted by atomic mass is 15.1. The smallest absolute Gasteiger partial charge is 0.00892 e. The van der Waals surface area contributed by atoms with E-state index < -0.39 is 0 Å². The van der Waals surface area contributed by atoms with Gasteiger partial charge in [0.15, 0.2) is 0 Å². The summed E-state index contributed by atoms with van der Waals surface area (Å²) in [5.74, 6) is 1.08. The molecule has 0 radical (unpaired) electrons. The van der Waals surface area contributed by atoms with Crippen molar-refractivity contribution < 1.29 is 0 Å². The van der Waals surface area contributed by atoms with Crippen molar-refractivity contribution in [2.24, 2.45) is 5.92 Å². The van der Waals surface area contributed by atoms with Crippen LogP contribution in [-0.2, 0) is 0 Å². The predicted octanol–water partition coefficient (Wildman–Crippen LogP) is 4.86. The summed E-state index contributed by atoms with van der Waals surface area (Å²) in [5, 5.41) is 0. The first-order valence-electron chi connectivity index (χ1n) is 7.90. The van der Waals surface area contributed by atoms with E-state index >= 15 is 0 Å². The van der Waals surface area contributed by atoms with Gasteiger partial charge < -0.3 is 4.90 Å². The first kappa shape index (κ1) is 15.0. The summed E-state index contributed by atoms with van der Waals surface area (Å²) in [4.78, 5) is 2.46. The Balaban J connectivity index is 2.05. The molecule has 0 aliphatic heterocycles. The highest BCUT2D eigenvalue weighted by Gasteiger charge is 2.19. The van der Waals surface area contributed by atoms with E-state index in [1.807, 2.05) is 0 Å². The lowest BCUT2D eigenvalue weighted by Crippen LogP contribution is -2.29. The summed E-state index contributed by atoms with van der Waals surface area (Å²) in [6.07, 6.45) is 16.0. The van der Waals surface area contributed by atoms with Crippen LogP contribution in [0, 0.1) is 5.92 Å². The summed E-state index contributed by atoms with van der Waals surface area (Å²) in [6.45, 7) is 2.29. The van der Waals surface area contributed by atoms with Gasteiger partial charge in [0.05, 0.1) is 0 Å². The molecular formula is C16H33N. The number of hydrogen-bond acceptors (Lipinski definition) is 1. The zero-order valence-electron chi connectivity index (χ0n) is 12.4. The molecule has 1 atom stereocenters. The predicted molar refractivity (Wildman–Crippen MR) is 77.4 cm³/mol. The Bertz CT molecular complexity index is 172. The summed E-state index contributed by atoms with van der Waals surface area (Å²) in [6, 6.07) is 0.845. The third-order valence-corrected chi connectivity index (χ3v) is 4.50. The second-order valence-corrected chi connectivity index (χ2v) is 6.19. The van der Waals surface area contributed by atoms with Crippen LogP contribution < -0.4 is 0 Å². The van der Waals surface area contributed by atoms with Crippen molar-refractivity contribution in [1.82, 2.24) is 4.90 Å². The van der Waals surface area contributed by atoms with Crippen molar-refractivity contribution in [3.05, 3.63) is 0 Å². The Kier molecular flexibility index (Phi) is 7.92. The van der Waals surface area contributed by atoms with E-state index in [-0.39, 0.29) is 0 Å². The lowest BCUT2D eigenvalue weighted by atomic mass is 9.81. The third-order valence-electron chi connectivity index (χ3n) is 4.50. The molecule has 1 saturated carbocycles. The molecule has 102 valence electrons. The van der Waals surface area contributed by atoms with Crippen LogP contribution >= 0.6 is 0 Å². The third kappa shape index (κ3) is 6.45. The standard InChI is InChI=1S/C16H33N/c1-4-5-6-7-8-12-16(17(2)3)14-13-15-10-9-11-15/h15-16H,4-14H2,1-3H3. The van der Waals surface area contributed by atoms with E-state index in [9.17, 15) is 0 Å². The molecule has 17 heavy (non-hydrogen) atoms. The maximum atomic E-state index is 2.46. The molecule has 0 N–H and O–H groups in total. The van der Waals surface area contributed by atoms with E-state index in [1.54, 1.807) is 0 Å². The van der Waals surface area contributed by atoms with Crippen LogP contribution in [0.5, 0.6) is 0 Å². The molecule has 0 heterocycles. The SMILES string of the molecule is CCCCCCCC(CCC1CCC1)N(C)C. The molecule has 0 aromatic heterocycles. The van der Waals surface area contributed by atoms with Gasteiger partial charge in [-0.2, -0.15) is 0 Å². The Morgan fingerprint density at radius 2 is 1.71 bits per heavy atom. The van der Waals surface area contributed by atoms with Gasteiger partial charge in [0.25, 0.3) is 0 Å². The van der Waals surface area contributed by atoms with Gasteiger partial charge >= 0.3 is 0 Å². The molecule has 0 amide bonds. The van der Waals surface area contributed by atoms with Gasteiger partial charge in [-0.15, -0.1) is 0 Å². The minimum atomic E-state index is 0.845. The zero-order chi connectivity index (χ0) is 12.5. The highest BCUT2D eigenvalue weighted by molar-refractivity contribution is 4.74. The van der Waals surface area contributed by atoms with E-state index in [4.69, 9.17) is 0 Å². The summed E-state index contributed by atoms with van der Waals surface area (Å²) in [7, 11) is 4.52. The Morgan fingerprint density at radius 3 is 2.24 bits per heavy atom. The molecule has 0 spiro atoms. The summed E-state index contributed by atoms with van der Waals surface area (Å²) in [5.41, 5.74) is 0. The number of rotatable bonds is 10. The zero-order valence-corrected chi connectivity index (χ0v) is 12.4. The normalized spacial score (nSPS) is 18.4. The van der Waals surface area contributed by atoms with Crippen molar-refractivity contribution in [3.8, 4) is 0 Å². The van der Waals surface area contributed by atoms with Gasteiger partial charge in [0, 0.05) is 6.04 Å². The molecule has 0 bridgehead atoms. The Morgan fingerprint density at radius 1 is 1.00 bits per heavy atom. The second-order valence-electron chi connectivity index (χ2n) is 6.19. The van der Waals surface area contributed by atoms with Crippen molar-refractivity contribution >= 4 is 0 Å². The van der Waals surface area contributed by atoms with E-state index in [2.05, 4.69) is 25.9 Å². The van der Waals surface area contributed by atoms with Crippen molar-refractivity contribution in [3.63, 3.8) is 0 Å². The van der Waals surface area contributed by atoms with Gasteiger partial charge in [-0.25, -0.2) is 0 Å². The van der Waals surface area contributed by atoms with Gasteiger partial charge in [0.1, 0.15) is 0 Å². The Hall–Kier alpha value is -0.0400. The fourth-order valence-corrected chi connectivity index (χ4v) is 2.85. The van der Waals surface area contributed by atoms with E-state index in [1.165, 1.54) is 70.6 Å². The molecule has 1 unspecified atom stereocenters. The van der Waals surface area contributed by atoms with Crippen LogP contribution in [0.4, 0.5) is 0 Å². The summed E-state index contributed by atoms with van der Waals surface area (Å²) >= 11 is 0. The molecule has 1 nitrogen and oxygen atoms in total. The topological polar surface area (TPSA) is 3.24 Å². The molecule has 1 aliphatic rings. The van der Waals surface area contributed by atoms with Crippen molar-refractivity contribution in [2.45, 2.75) is 83.6 Å². The number of unbranched alkanes of at least 4 members (excludes halogenated alkanes) is 4. The minimum Gasteiger partial charge on any atom is -0.306 e. The molecule has 0 aromatic rings. The fourth-order valence-electron chi connectivity index (χ4n) is 2.85. The quantitative estimate of drug-likeness (QED) is 0.492. The van der Waals surface area contributed by atoms with Crippen LogP contribution in [0.3, 0.4) is 0 Å². The van der Waals surface area contributed by atoms with E-state index in [0.717, 1.165) is 12.0 Å². The number of nitrogens with zero attached hydrogens (tertiary/aromatic N) is 1. The summed E-state index contributed by atoms with van der Waals surface area (Å²) < 4.78 is 0. The maximum Gasteiger partial charge on any atom is 0.00892 e. The Labute approximate surface area is 109 Å². The first-order valence-corrected chi connectivity index (χ1v) is 7.90. The minimum absolute atomic E-state index is 0.845. The van der Waals surface area contributed by atoms with Gasteiger partial charge in [-0.3, -0.25) is 0 Å². The average Bonchev–Trinajstić information content (AvgIpc) is 2.23. The van der Waals surface area contributed by atoms with Crippen LogP contribution in [0.1, 0.15) is 77.6 Å². The lowest BCUT2D eigenvalue weighted by Gasteiger charge is -2.30.